The molecule has 0 bridgehead atoms. The first-order valence-electron chi connectivity index (χ1n) is 4.82. The fourth-order valence-corrected chi connectivity index (χ4v) is 1.87. The highest BCUT2D eigenvalue weighted by molar-refractivity contribution is 5.79. The molecule has 2 unspecified atom stereocenters. The van der Waals surface area contributed by atoms with E-state index in [1.54, 1.807) is 6.92 Å². The van der Waals surface area contributed by atoms with Crippen molar-refractivity contribution in [1.29, 1.82) is 0 Å². The van der Waals surface area contributed by atoms with Crippen LogP contribution in [0, 0.1) is 0 Å². The normalized spacial score (nSPS) is 27.1. The molecule has 0 aliphatic carbocycles. The molecule has 0 radical (unpaired) electrons. The number of primary amides is 1. The van der Waals surface area contributed by atoms with E-state index in [0.29, 0.717) is 6.54 Å². The Kier molecular flexibility index (Phi) is 3.69. The number of carbonyl (C=O) groups is 1. The predicted molar refractivity (Wildman–Crippen MR) is 50.1 cm³/mol. The lowest BCUT2D eigenvalue weighted by Crippen LogP contribution is -2.49. The molecule has 76 valence electrons. The summed E-state index contributed by atoms with van der Waals surface area (Å²) in [6.07, 6.45) is 2.60. The molecule has 1 saturated heterocycles. The van der Waals surface area contributed by atoms with Crippen molar-refractivity contribution in [2.45, 2.75) is 38.3 Å². The minimum absolute atomic E-state index is 0.164. The fourth-order valence-electron chi connectivity index (χ4n) is 1.87. The Hall–Kier alpha value is -0.610. The number of likely N-dealkylation sites (tertiary alicyclic amines) is 1. The summed E-state index contributed by atoms with van der Waals surface area (Å²) in [5, 5.41) is 9.21. The molecule has 0 saturated carbocycles. The van der Waals surface area contributed by atoms with Crippen LogP contribution in [0.15, 0.2) is 0 Å². The summed E-state index contributed by atoms with van der Waals surface area (Å²) >= 11 is 0. The lowest BCUT2D eigenvalue weighted by molar-refractivity contribution is -0.124. The zero-order valence-electron chi connectivity index (χ0n) is 8.07. The Morgan fingerprint density at radius 1 is 1.69 bits per heavy atom. The van der Waals surface area contributed by atoms with Crippen LogP contribution in [0.5, 0.6) is 0 Å². The highest BCUT2D eigenvalue weighted by Gasteiger charge is 2.27. The number of amides is 1. The van der Waals surface area contributed by atoms with Crippen molar-refractivity contribution in [3.05, 3.63) is 0 Å². The highest BCUT2D eigenvalue weighted by atomic mass is 16.3. The molecule has 1 amide bonds. The lowest BCUT2D eigenvalue weighted by Gasteiger charge is -2.34. The molecule has 1 aliphatic rings. The van der Waals surface area contributed by atoms with Crippen LogP contribution in [0.2, 0.25) is 0 Å². The average Bonchev–Trinajstić information content (AvgIpc) is 2.03. The second-order valence-electron chi connectivity index (χ2n) is 3.76. The van der Waals surface area contributed by atoms with Gasteiger partial charge < -0.3 is 10.8 Å². The quantitative estimate of drug-likeness (QED) is 0.636. The topological polar surface area (TPSA) is 66.6 Å². The van der Waals surface area contributed by atoms with E-state index in [1.165, 1.54) is 0 Å². The smallest absolute Gasteiger partial charge is 0.234 e. The fraction of sp³-hybridized carbons (Fsp3) is 0.889. The van der Waals surface area contributed by atoms with E-state index in [4.69, 9.17) is 5.73 Å². The number of rotatable bonds is 3. The van der Waals surface area contributed by atoms with E-state index >= 15 is 0 Å². The second-order valence-corrected chi connectivity index (χ2v) is 3.76. The van der Waals surface area contributed by atoms with E-state index in [9.17, 15) is 9.90 Å². The molecule has 1 aliphatic heterocycles. The van der Waals surface area contributed by atoms with Gasteiger partial charge in [-0.05, 0) is 26.3 Å². The number of nitrogens with zero attached hydrogens (tertiary/aromatic N) is 1. The Bertz CT molecular complexity index is 182. The van der Waals surface area contributed by atoms with Crippen molar-refractivity contribution >= 4 is 5.91 Å². The summed E-state index contributed by atoms with van der Waals surface area (Å²) in [6.45, 7) is 3.15. The number of hydrogen-bond acceptors (Lipinski definition) is 3. The van der Waals surface area contributed by atoms with Gasteiger partial charge in [-0.15, -0.1) is 0 Å². The third kappa shape index (κ3) is 2.97. The minimum Gasteiger partial charge on any atom is -0.392 e. The van der Waals surface area contributed by atoms with Crippen LogP contribution in [0.1, 0.15) is 26.2 Å². The Balaban J connectivity index is 2.51. The summed E-state index contributed by atoms with van der Waals surface area (Å²) in [5.74, 6) is -0.264. The van der Waals surface area contributed by atoms with Gasteiger partial charge in [-0.25, -0.2) is 0 Å². The molecule has 1 fully saturated rings. The number of hydrogen-bond donors (Lipinski definition) is 2. The van der Waals surface area contributed by atoms with Gasteiger partial charge in [0.1, 0.15) is 0 Å². The maximum atomic E-state index is 11.0. The van der Waals surface area contributed by atoms with Gasteiger partial charge in [0.15, 0.2) is 0 Å². The molecule has 0 aromatic rings. The molecular weight excluding hydrogens is 168 g/mol. The first-order chi connectivity index (χ1) is 6.11. The summed E-state index contributed by atoms with van der Waals surface area (Å²) in [4.78, 5) is 13.0. The van der Waals surface area contributed by atoms with Gasteiger partial charge in [-0.1, -0.05) is 6.42 Å². The third-order valence-corrected chi connectivity index (χ3v) is 2.44. The summed E-state index contributed by atoms with van der Waals surface area (Å²) in [5.41, 5.74) is 5.27. The van der Waals surface area contributed by atoms with Gasteiger partial charge >= 0.3 is 0 Å². The molecule has 0 aromatic heterocycles. The molecule has 4 nitrogen and oxygen atoms in total. The number of β-amino-alcohol motifs (C(OH)–C–C–N with tert-alkyl or cyclic N) is 1. The zero-order valence-corrected chi connectivity index (χ0v) is 8.07. The molecular formula is C9H18N2O2. The van der Waals surface area contributed by atoms with Crippen LogP contribution in [-0.2, 0) is 4.79 Å². The van der Waals surface area contributed by atoms with E-state index in [0.717, 1.165) is 25.8 Å². The van der Waals surface area contributed by atoms with Crippen molar-refractivity contribution in [2.75, 3.05) is 13.1 Å². The lowest BCUT2D eigenvalue weighted by atomic mass is 10.0. The van der Waals surface area contributed by atoms with Gasteiger partial charge in [0.25, 0.3) is 0 Å². The summed E-state index contributed by atoms with van der Waals surface area (Å²) < 4.78 is 0. The Labute approximate surface area is 78.7 Å². The summed E-state index contributed by atoms with van der Waals surface area (Å²) in [7, 11) is 0. The SMILES string of the molecule is CC(O)CN1CCCCC1C(N)=O. The maximum Gasteiger partial charge on any atom is 0.234 e. The molecule has 1 heterocycles. The Morgan fingerprint density at radius 2 is 2.38 bits per heavy atom. The number of piperidine rings is 1. The van der Waals surface area contributed by atoms with Crippen LogP contribution in [-0.4, -0.2) is 41.1 Å². The monoisotopic (exact) mass is 186 g/mol. The molecule has 1 rings (SSSR count). The molecule has 0 spiro atoms. The number of nitrogens with two attached hydrogens (primary N) is 1. The third-order valence-electron chi connectivity index (χ3n) is 2.44. The van der Waals surface area contributed by atoms with Crippen molar-refractivity contribution in [2.24, 2.45) is 5.73 Å². The molecule has 3 N–H and O–H groups in total. The van der Waals surface area contributed by atoms with E-state index < -0.39 is 0 Å². The molecule has 13 heavy (non-hydrogen) atoms. The van der Waals surface area contributed by atoms with E-state index in [2.05, 4.69) is 0 Å². The largest absolute Gasteiger partial charge is 0.392 e. The first kappa shape index (κ1) is 10.5. The van der Waals surface area contributed by atoms with Gasteiger partial charge in [0, 0.05) is 6.54 Å². The highest BCUT2D eigenvalue weighted by Crippen LogP contribution is 2.16. The van der Waals surface area contributed by atoms with Crippen LogP contribution in [0.4, 0.5) is 0 Å². The molecule has 0 aromatic carbocycles. The Morgan fingerprint density at radius 3 is 2.92 bits per heavy atom. The van der Waals surface area contributed by atoms with Gasteiger partial charge in [0.05, 0.1) is 12.1 Å². The number of aliphatic hydroxyl groups excluding tert-OH is 1. The summed E-state index contributed by atoms with van der Waals surface area (Å²) in [6, 6.07) is -0.164. The number of carbonyl (C=O) groups excluding carboxylic acids is 1. The molecule has 4 heteroatoms. The van der Waals surface area contributed by atoms with Crippen LogP contribution >= 0.6 is 0 Å². The number of aliphatic hydroxyl groups is 1. The average molecular weight is 186 g/mol. The minimum atomic E-state index is -0.389. The maximum absolute atomic E-state index is 11.0. The van der Waals surface area contributed by atoms with Crippen LogP contribution in [0.25, 0.3) is 0 Å². The van der Waals surface area contributed by atoms with Gasteiger partial charge in [0.2, 0.25) is 5.91 Å². The molecule has 2 atom stereocenters. The van der Waals surface area contributed by atoms with Crippen molar-refractivity contribution < 1.29 is 9.90 Å². The van der Waals surface area contributed by atoms with Gasteiger partial charge in [-0.3, -0.25) is 9.69 Å². The van der Waals surface area contributed by atoms with Crippen molar-refractivity contribution in [3.63, 3.8) is 0 Å². The van der Waals surface area contributed by atoms with Gasteiger partial charge in [-0.2, -0.15) is 0 Å². The zero-order chi connectivity index (χ0) is 9.84. The van der Waals surface area contributed by atoms with Crippen molar-refractivity contribution in [1.82, 2.24) is 4.90 Å². The standard InChI is InChI=1S/C9H18N2O2/c1-7(12)6-11-5-3-2-4-8(11)9(10)13/h7-8,12H,2-6H2,1H3,(H2,10,13). The second kappa shape index (κ2) is 4.58. The van der Waals surface area contributed by atoms with E-state index in [-0.39, 0.29) is 18.1 Å². The van der Waals surface area contributed by atoms with Crippen LogP contribution in [0.3, 0.4) is 0 Å². The van der Waals surface area contributed by atoms with Crippen LogP contribution < -0.4 is 5.73 Å². The van der Waals surface area contributed by atoms with E-state index in [1.807, 2.05) is 4.90 Å². The first-order valence-corrected chi connectivity index (χ1v) is 4.82. The predicted octanol–water partition coefficient (Wildman–Crippen LogP) is -0.293. The van der Waals surface area contributed by atoms with Crippen molar-refractivity contribution in [3.8, 4) is 0 Å².